The van der Waals surface area contributed by atoms with Gasteiger partial charge in [0.05, 0.1) is 0 Å². The van der Waals surface area contributed by atoms with Gasteiger partial charge in [-0.2, -0.15) is 5.26 Å². The molecular formula is C19H15FN2O. The lowest BCUT2D eigenvalue weighted by Crippen LogP contribution is -2.13. The van der Waals surface area contributed by atoms with Crippen molar-refractivity contribution in [1.29, 1.82) is 5.26 Å². The molecule has 114 valence electrons. The highest BCUT2D eigenvalue weighted by atomic mass is 19.1. The Morgan fingerprint density at radius 2 is 1.78 bits per heavy atom. The van der Waals surface area contributed by atoms with Crippen LogP contribution in [0, 0.1) is 17.1 Å². The molecule has 0 saturated heterocycles. The number of carbonyl (C=O) groups excluding carboxylic acids is 1. The molecule has 1 amide bonds. The summed E-state index contributed by atoms with van der Waals surface area (Å²) < 4.78 is 12.8. The Morgan fingerprint density at radius 1 is 1.13 bits per heavy atom. The fourth-order valence-electron chi connectivity index (χ4n) is 1.96. The molecule has 0 heterocycles. The van der Waals surface area contributed by atoms with Crippen molar-refractivity contribution >= 4 is 17.7 Å². The van der Waals surface area contributed by atoms with Gasteiger partial charge in [0.15, 0.2) is 0 Å². The van der Waals surface area contributed by atoms with Gasteiger partial charge in [0.25, 0.3) is 5.91 Å². The largest absolute Gasteiger partial charge is 0.321 e. The maximum atomic E-state index is 12.8. The van der Waals surface area contributed by atoms with E-state index in [1.54, 1.807) is 0 Å². The van der Waals surface area contributed by atoms with E-state index in [4.69, 9.17) is 5.26 Å². The van der Waals surface area contributed by atoms with Gasteiger partial charge in [0, 0.05) is 5.69 Å². The maximum Gasteiger partial charge on any atom is 0.266 e. The fraction of sp³-hybridized carbons (Fsp3) is 0.0526. The molecule has 0 radical (unpaired) electrons. The van der Waals surface area contributed by atoms with E-state index in [1.807, 2.05) is 49.4 Å². The summed E-state index contributed by atoms with van der Waals surface area (Å²) >= 11 is 0. The van der Waals surface area contributed by atoms with E-state index in [1.165, 1.54) is 30.3 Å². The van der Waals surface area contributed by atoms with Gasteiger partial charge in [-0.05, 0) is 48.4 Å². The number of nitrogens with zero attached hydrogens (tertiary/aromatic N) is 1. The summed E-state index contributed by atoms with van der Waals surface area (Å²) in [6, 6.07) is 16.9. The molecule has 0 aliphatic rings. The summed E-state index contributed by atoms with van der Waals surface area (Å²) in [5, 5.41) is 11.7. The van der Waals surface area contributed by atoms with Crippen LogP contribution >= 0.6 is 0 Å². The Morgan fingerprint density at radius 3 is 2.39 bits per heavy atom. The zero-order valence-electron chi connectivity index (χ0n) is 12.6. The van der Waals surface area contributed by atoms with Crippen LogP contribution in [0.15, 0.2) is 71.8 Å². The van der Waals surface area contributed by atoms with Gasteiger partial charge >= 0.3 is 0 Å². The number of benzene rings is 2. The lowest BCUT2D eigenvalue weighted by Gasteiger charge is -2.04. The zero-order chi connectivity index (χ0) is 16.7. The molecule has 0 fully saturated rings. The van der Waals surface area contributed by atoms with Crippen LogP contribution in [-0.2, 0) is 4.79 Å². The van der Waals surface area contributed by atoms with Crippen LogP contribution < -0.4 is 5.32 Å². The molecule has 0 unspecified atom stereocenters. The van der Waals surface area contributed by atoms with Gasteiger partial charge in [0.2, 0.25) is 0 Å². The quantitative estimate of drug-likeness (QED) is 0.519. The highest BCUT2D eigenvalue weighted by molar-refractivity contribution is 6.06. The van der Waals surface area contributed by atoms with Crippen molar-refractivity contribution in [3.8, 4) is 6.07 Å². The lowest BCUT2D eigenvalue weighted by molar-refractivity contribution is -0.112. The molecule has 0 saturated carbocycles. The molecule has 0 aromatic heterocycles. The molecule has 3 nitrogen and oxygen atoms in total. The number of carbonyl (C=O) groups is 1. The third-order valence-corrected chi connectivity index (χ3v) is 3.03. The molecule has 2 aromatic carbocycles. The number of amides is 1. The minimum atomic E-state index is -0.528. The molecule has 0 aliphatic carbocycles. The normalized spacial score (nSPS) is 11.7. The van der Waals surface area contributed by atoms with Gasteiger partial charge in [-0.3, -0.25) is 4.79 Å². The summed E-state index contributed by atoms with van der Waals surface area (Å²) in [5.41, 5.74) is 2.18. The van der Waals surface area contributed by atoms with E-state index < -0.39 is 5.91 Å². The van der Waals surface area contributed by atoms with Crippen molar-refractivity contribution in [2.45, 2.75) is 6.92 Å². The van der Waals surface area contributed by atoms with Gasteiger partial charge in [0.1, 0.15) is 17.5 Å². The van der Waals surface area contributed by atoms with Crippen molar-refractivity contribution in [2.24, 2.45) is 0 Å². The van der Waals surface area contributed by atoms with Crippen molar-refractivity contribution in [1.82, 2.24) is 0 Å². The number of hydrogen-bond donors (Lipinski definition) is 1. The smallest absolute Gasteiger partial charge is 0.266 e. The van der Waals surface area contributed by atoms with Crippen molar-refractivity contribution in [3.63, 3.8) is 0 Å². The second-order valence-electron chi connectivity index (χ2n) is 4.93. The van der Waals surface area contributed by atoms with E-state index in [-0.39, 0.29) is 11.4 Å². The van der Waals surface area contributed by atoms with E-state index >= 15 is 0 Å². The standard InChI is InChI=1S/C19H15FN2O/c1-14(11-15-5-3-2-4-6-15)12-16(13-21)19(23)22-18-9-7-17(20)8-10-18/h2-12H,1H3,(H,22,23)/b14-11+,16-12+. The SMILES string of the molecule is CC(=C\c1ccccc1)/C=C(\C#N)C(=O)Nc1ccc(F)cc1. The van der Waals surface area contributed by atoms with Crippen molar-refractivity contribution < 1.29 is 9.18 Å². The number of halogens is 1. The highest BCUT2D eigenvalue weighted by Crippen LogP contribution is 2.12. The van der Waals surface area contributed by atoms with Crippen LogP contribution in [0.1, 0.15) is 12.5 Å². The number of hydrogen-bond acceptors (Lipinski definition) is 2. The Bertz CT molecular complexity index is 784. The summed E-state index contributed by atoms with van der Waals surface area (Å²) in [7, 11) is 0. The van der Waals surface area contributed by atoms with E-state index in [0.717, 1.165) is 11.1 Å². The molecule has 1 N–H and O–H groups in total. The van der Waals surface area contributed by atoms with Crippen LogP contribution in [0.2, 0.25) is 0 Å². The second-order valence-corrected chi connectivity index (χ2v) is 4.93. The number of nitrogens with one attached hydrogen (secondary N) is 1. The predicted octanol–water partition coefficient (Wildman–Crippen LogP) is 4.32. The molecule has 23 heavy (non-hydrogen) atoms. The van der Waals surface area contributed by atoms with E-state index in [9.17, 15) is 9.18 Å². The Balaban J connectivity index is 2.15. The third kappa shape index (κ3) is 4.94. The molecular weight excluding hydrogens is 291 g/mol. The molecule has 4 heteroatoms. The zero-order valence-corrected chi connectivity index (χ0v) is 12.6. The van der Waals surface area contributed by atoms with E-state index in [2.05, 4.69) is 5.32 Å². The first-order valence-corrected chi connectivity index (χ1v) is 7.00. The average Bonchev–Trinajstić information content (AvgIpc) is 2.55. The molecule has 0 atom stereocenters. The van der Waals surface area contributed by atoms with Gasteiger partial charge < -0.3 is 5.32 Å². The Labute approximate surface area is 134 Å². The van der Waals surface area contributed by atoms with Crippen molar-refractivity contribution in [3.05, 3.63) is 83.2 Å². The third-order valence-electron chi connectivity index (χ3n) is 3.03. The highest BCUT2D eigenvalue weighted by Gasteiger charge is 2.09. The number of nitriles is 1. The minimum absolute atomic E-state index is 0.0148. The molecule has 2 rings (SSSR count). The molecule has 0 bridgehead atoms. The summed E-state index contributed by atoms with van der Waals surface area (Å²) in [6.07, 6.45) is 3.40. The van der Waals surface area contributed by atoms with Crippen LogP contribution in [0.4, 0.5) is 10.1 Å². The van der Waals surface area contributed by atoms with E-state index in [0.29, 0.717) is 5.69 Å². The molecule has 2 aromatic rings. The topological polar surface area (TPSA) is 52.9 Å². The van der Waals surface area contributed by atoms with Gasteiger partial charge in [-0.25, -0.2) is 4.39 Å². The Hall–Kier alpha value is -3.19. The van der Waals surface area contributed by atoms with Gasteiger partial charge in [-0.1, -0.05) is 36.4 Å². The summed E-state index contributed by atoms with van der Waals surface area (Å²) in [6.45, 7) is 1.81. The van der Waals surface area contributed by atoms with Crippen LogP contribution in [0.5, 0.6) is 0 Å². The molecule has 0 spiro atoms. The summed E-state index contributed by atoms with van der Waals surface area (Å²) in [5.74, 6) is -0.916. The maximum absolute atomic E-state index is 12.8. The summed E-state index contributed by atoms with van der Waals surface area (Å²) in [4.78, 5) is 12.1. The fourth-order valence-corrected chi connectivity index (χ4v) is 1.96. The number of rotatable bonds is 4. The van der Waals surface area contributed by atoms with Crippen LogP contribution in [0.25, 0.3) is 6.08 Å². The van der Waals surface area contributed by atoms with Crippen LogP contribution in [-0.4, -0.2) is 5.91 Å². The minimum Gasteiger partial charge on any atom is -0.321 e. The first-order valence-electron chi connectivity index (χ1n) is 7.00. The average molecular weight is 306 g/mol. The Kier molecular flexibility index (Phi) is 5.43. The number of anilines is 1. The number of allylic oxidation sites excluding steroid dienone is 2. The van der Waals surface area contributed by atoms with Crippen LogP contribution in [0.3, 0.4) is 0 Å². The van der Waals surface area contributed by atoms with Gasteiger partial charge in [-0.15, -0.1) is 0 Å². The first-order chi connectivity index (χ1) is 11.1. The lowest BCUT2D eigenvalue weighted by atomic mass is 10.1. The second kappa shape index (κ2) is 7.71. The molecule has 0 aliphatic heterocycles. The first kappa shape index (κ1) is 16.2. The van der Waals surface area contributed by atoms with Crippen molar-refractivity contribution in [2.75, 3.05) is 5.32 Å². The predicted molar refractivity (Wildman–Crippen MR) is 88.8 cm³/mol. The monoisotopic (exact) mass is 306 g/mol.